The Morgan fingerprint density at radius 3 is 2.74 bits per heavy atom. The second-order valence-electron chi connectivity index (χ2n) is 12.1. The SMILES string of the molecule is COCCO[C@H]1/C=C/C[C@@H](C)CS(=O)(=O)NC(=O)c2ccc3c(c2)N(CCCCc2cc(Cl)ccc2CO3)C[C@@H]2CC[C@H]21. The lowest BCUT2D eigenvalue weighted by Crippen LogP contribution is -2.44. The van der Waals surface area contributed by atoms with Gasteiger partial charge in [-0.1, -0.05) is 36.7 Å². The van der Waals surface area contributed by atoms with E-state index in [1.54, 1.807) is 25.3 Å². The highest BCUT2D eigenvalue weighted by Gasteiger charge is 2.38. The molecule has 2 aromatic carbocycles. The molecule has 3 aliphatic rings. The molecule has 1 saturated carbocycles. The number of nitrogens with zero attached hydrogens (tertiary/aromatic N) is 1. The van der Waals surface area contributed by atoms with Crippen LogP contribution in [0.15, 0.2) is 48.6 Å². The summed E-state index contributed by atoms with van der Waals surface area (Å²) < 4.78 is 46.2. The molecule has 2 heterocycles. The Morgan fingerprint density at radius 2 is 1.95 bits per heavy atom. The number of carbonyl (C=O) groups excluding carboxylic acids is 1. The van der Waals surface area contributed by atoms with E-state index in [0.29, 0.717) is 54.4 Å². The van der Waals surface area contributed by atoms with Gasteiger partial charge in [-0.05, 0) is 97.7 Å². The molecule has 2 bridgehead atoms. The topological polar surface area (TPSA) is 94.2 Å². The molecular formula is C33H43ClN2O6S. The summed E-state index contributed by atoms with van der Waals surface area (Å²) in [6, 6.07) is 11.1. The van der Waals surface area contributed by atoms with Gasteiger partial charge in [0.2, 0.25) is 10.0 Å². The molecule has 5 rings (SSSR count). The summed E-state index contributed by atoms with van der Waals surface area (Å²) in [7, 11) is -2.17. The number of ether oxygens (including phenoxy) is 3. The van der Waals surface area contributed by atoms with Gasteiger partial charge >= 0.3 is 0 Å². The monoisotopic (exact) mass is 630 g/mol. The van der Waals surface area contributed by atoms with Crippen LogP contribution in [0.3, 0.4) is 0 Å². The Kier molecular flexibility index (Phi) is 10.7. The second kappa shape index (κ2) is 14.5. The van der Waals surface area contributed by atoms with E-state index in [2.05, 4.69) is 15.7 Å². The van der Waals surface area contributed by atoms with Gasteiger partial charge in [0, 0.05) is 30.8 Å². The molecule has 0 unspecified atom stereocenters. The molecule has 1 amide bonds. The normalized spacial score (nSPS) is 26.9. The van der Waals surface area contributed by atoms with Crippen molar-refractivity contribution >= 4 is 33.2 Å². The fourth-order valence-electron chi connectivity index (χ4n) is 6.34. The van der Waals surface area contributed by atoms with Crippen LogP contribution in [0.2, 0.25) is 5.02 Å². The number of hydrogen-bond donors (Lipinski definition) is 1. The third-order valence-corrected chi connectivity index (χ3v) is 10.5. The highest BCUT2D eigenvalue weighted by atomic mass is 35.5. The number of hydrogen-bond acceptors (Lipinski definition) is 7. The third kappa shape index (κ3) is 8.32. The van der Waals surface area contributed by atoms with E-state index in [4.69, 9.17) is 25.8 Å². The fraction of sp³-hybridized carbons (Fsp3) is 0.545. The zero-order valence-corrected chi connectivity index (χ0v) is 26.7. The van der Waals surface area contributed by atoms with Gasteiger partial charge in [-0.3, -0.25) is 4.79 Å². The minimum Gasteiger partial charge on any atom is -0.487 e. The van der Waals surface area contributed by atoms with E-state index in [-0.39, 0.29) is 17.8 Å². The van der Waals surface area contributed by atoms with Gasteiger partial charge in [0.25, 0.3) is 5.91 Å². The summed E-state index contributed by atoms with van der Waals surface area (Å²) >= 11 is 6.32. The molecule has 0 aromatic heterocycles. The largest absolute Gasteiger partial charge is 0.487 e. The van der Waals surface area contributed by atoms with Crippen LogP contribution in [0.1, 0.15) is 60.5 Å². The van der Waals surface area contributed by atoms with Crippen molar-refractivity contribution in [3.8, 4) is 5.75 Å². The average Bonchev–Trinajstić information content (AvgIpc) is 2.97. The smallest absolute Gasteiger partial charge is 0.264 e. The lowest BCUT2D eigenvalue weighted by atomic mass is 9.70. The van der Waals surface area contributed by atoms with Gasteiger partial charge in [0.05, 0.1) is 30.8 Å². The average molecular weight is 631 g/mol. The van der Waals surface area contributed by atoms with Crippen molar-refractivity contribution in [2.24, 2.45) is 17.8 Å². The molecule has 1 fully saturated rings. The number of rotatable bonds is 4. The Balaban J connectivity index is 1.51. The quantitative estimate of drug-likeness (QED) is 0.338. The van der Waals surface area contributed by atoms with Gasteiger partial charge in [-0.25, -0.2) is 13.1 Å². The molecule has 1 N–H and O–H groups in total. The fourth-order valence-corrected chi connectivity index (χ4v) is 7.90. The van der Waals surface area contributed by atoms with E-state index in [1.807, 2.05) is 31.2 Å². The molecule has 4 atom stereocenters. The van der Waals surface area contributed by atoms with Crippen LogP contribution >= 0.6 is 11.6 Å². The van der Waals surface area contributed by atoms with Crippen molar-refractivity contribution in [2.75, 3.05) is 44.1 Å². The van der Waals surface area contributed by atoms with Gasteiger partial charge in [-0.15, -0.1) is 0 Å². The zero-order valence-electron chi connectivity index (χ0n) is 25.1. The first-order valence-corrected chi connectivity index (χ1v) is 17.4. The standard InChI is InChI=1S/C33H43ClN2O6S/c1-23-6-5-8-31(41-17-16-40-2)29-13-10-26(29)20-36-15-4-3-7-24-18-28(34)12-9-27(24)21-42-32-14-11-25(19-30(32)36)33(37)35-43(38,39)22-23/h5,8-9,11-12,14,18-19,23,26,29,31H,3-4,6-7,10,13,15-17,20-22H2,1-2H3,(H,35,37)/b8-5+/t23-,26+,29-,31+/m1/s1. The number of allylic oxidation sites excluding steroid dienone is 1. The molecule has 2 aliphatic heterocycles. The summed E-state index contributed by atoms with van der Waals surface area (Å²) in [6.45, 7) is 4.84. The molecule has 0 saturated heterocycles. The lowest BCUT2D eigenvalue weighted by Gasteiger charge is -2.44. The van der Waals surface area contributed by atoms with Crippen LogP contribution in [0.4, 0.5) is 5.69 Å². The van der Waals surface area contributed by atoms with Crippen molar-refractivity contribution in [1.82, 2.24) is 4.72 Å². The molecule has 43 heavy (non-hydrogen) atoms. The maximum atomic E-state index is 13.2. The van der Waals surface area contributed by atoms with Crippen molar-refractivity contribution in [1.29, 1.82) is 0 Å². The first-order chi connectivity index (χ1) is 20.7. The number of halogens is 1. The first-order valence-electron chi connectivity index (χ1n) is 15.3. The first kappa shape index (κ1) is 31.8. The highest BCUT2D eigenvalue weighted by Crippen LogP contribution is 2.42. The van der Waals surface area contributed by atoms with Crippen molar-refractivity contribution in [3.63, 3.8) is 0 Å². The van der Waals surface area contributed by atoms with Crippen molar-refractivity contribution in [3.05, 3.63) is 70.3 Å². The molecule has 0 radical (unpaired) electrons. The summed E-state index contributed by atoms with van der Waals surface area (Å²) in [5, 5.41) is 0.715. The second-order valence-corrected chi connectivity index (χ2v) is 14.3. The van der Waals surface area contributed by atoms with Crippen LogP contribution in [-0.4, -0.2) is 59.6 Å². The Labute approximate surface area is 260 Å². The van der Waals surface area contributed by atoms with E-state index in [0.717, 1.165) is 56.4 Å². The van der Waals surface area contributed by atoms with E-state index in [9.17, 15) is 13.2 Å². The molecule has 8 nitrogen and oxygen atoms in total. The summed E-state index contributed by atoms with van der Waals surface area (Å²) in [4.78, 5) is 15.6. The zero-order chi connectivity index (χ0) is 30.4. The summed E-state index contributed by atoms with van der Waals surface area (Å²) in [5.41, 5.74) is 3.37. The molecule has 234 valence electrons. The molecule has 10 heteroatoms. The lowest BCUT2D eigenvalue weighted by molar-refractivity contribution is -0.0308. The Bertz CT molecular complexity index is 1410. The van der Waals surface area contributed by atoms with E-state index >= 15 is 0 Å². The van der Waals surface area contributed by atoms with Crippen molar-refractivity contribution < 1.29 is 27.4 Å². The maximum Gasteiger partial charge on any atom is 0.264 e. The summed E-state index contributed by atoms with van der Waals surface area (Å²) in [5.74, 6) is 0.462. The van der Waals surface area contributed by atoms with Crippen LogP contribution in [0, 0.1) is 17.8 Å². The molecule has 0 spiro atoms. The number of benzene rings is 2. The molecule has 1 aliphatic carbocycles. The van der Waals surface area contributed by atoms with Crippen molar-refractivity contribution in [2.45, 2.75) is 58.2 Å². The number of anilines is 1. The number of nitrogens with one attached hydrogen (secondary N) is 1. The number of aryl methyl sites for hydroxylation is 1. The number of carbonyl (C=O) groups is 1. The number of amides is 1. The van der Waals surface area contributed by atoms with E-state index in [1.165, 1.54) is 5.56 Å². The van der Waals surface area contributed by atoms with Gasteiger partial charge < -0.3 is 19.1 Å². The molecule has 2 aromatic rings. The highest BCUT2D eigenvalue weighted by molar-refractivity contribution is 7.90. The van der Waals surface area contributed by atoms with Gasteiger partial charge in [-0.2, -0.15) is 0 Å². The third-order valence-electron chi connectivity index (χ3n) is 8.80. The van der Waals surface area contributed by atoms with Gasteiger partial charge in [0.1, 0.15) is 12.4 Å². The van der Waals surface area contributed by atoms with Crippen LogP contribution in [0.25, 0.3) is 0 Å². The van der Waals surface area contributed by atoms with Crippen LogP contribution in [-0.2, 0) is 32.5 Å². The predicted octanol–water partition coefficient (Wildman–Crippen LogP) is 5.78. The van der Waals surface area contributed by atoms with Gasteiger partial charge in [0.15, 0.2) is 0 Å². The number of sulfonamides is 1. The van der Waals surface area contributed by atoms with Crippen LogP contribution < -0.4 is 14.4 Å². The Hall–Kier alpha value is -2.59. The Morgan fingerprint density at radius 1 is 1.09 bits per heavy atom. The minimum atomic E-state index is -3.83. The maximum absolute atomic E-state index is 13.2. The predicted molar refractivity (Wildman–Crippen MR) is 169 cm³/mol. The number of fused-ring (bicyclic) bond motifs is 3. The van der Waals surface area contributed by atoms with Crippen LogP contribution in [0.5, 0.6) is 5.75 Å². The molecular weight excluding hydrogens is 588 g/mol. The number of methoxy groups -OCH3 is 1. The summed E-state index contributed by atoms with van der Waals surface area (Å²) in [6.07, 6.45) is 9.62. The minimum absolute atomic E-state index is 0.0736. The van der Waals surface area contributed by atoms with E-state index < -0.39 is 15.9 Å².